The highest BCUT2D eigenvalue weighted by molar-refractivity contribution is 6.01. The van der Waals surface area contributed by atoms with Crippen LogP contribution in [0.15, 0.2) is 24.3 Å². The van der Waals surface area contributed by atoms with Crippen LogP contribution in [-0.2, 0) is 64.0 Å². The number of hydrogen-bond donors (Lipinski definition) is 3. The van der Waals surface area contributed by atoms with E-state index in [1.54, 1.807) is 38.1 Å². The summed E-state index contributed by atoms with van der Waals surface area (Å²) in [7, 11) is 0. The van der Waals surface area contributed by atoms with Gasteiger partial charge in [-0.25, -0.2) is 4.79 Å². The van der Waals surface area contributed by atoms with E-state index in [0.29, 0.717) is 10.8 Å². The monoisotopic (exact) mass is 664 g/mol. The molecule has 0 aliphatic carbocycles. The predicted octanol–water partition coefficient (Wildman–Crippen LogP) is 0.771. The van der Waals surface area contributed by atoms with E-state index in [9.17, 15) is 33.6 Å². The number of hydrogen-bond acceptors (Lipinski definition) is 12. The SMILES string of the molecule is CC(=O)OCc1ccc(NC(=O)[C@H](C)NC(=O)[C@@H](NC(=O)CCOCCOCCOCCC(=O)ON2C(=O)CCC2=O)C(C)C)cc1. The highest BCUT2D eigenvalue weighted by Crippen LogP contribution is 2.13. The molecule has 16 heteroatoms. The molecule has 1 heterocycles. The number of nitrogens with one attached hydrogen (secondary N) is 3. The van der Waals surface area contributed by atoms with Gasteiger partial charge in [-0.2, -0.15) is 0 Å². The quantitative estimate of drug-likeness (QED) is 0.0947. The zero-order chi connectivity index (χ0) is 34.8. The molecule has 0 saturated carbocycles. The maximum absolute atomic E-state index is 12.9. The van der Waals surface area contributed by atoms with Crippen molar-refractivity contribution < 1.29 is 57.3 Å². The van der Waals surface area contributed by atoms with Crippen LogP contribution in [0.2, 0.25) is 0 Å². The number of nitrogens with zero attached hydrogens (tertiary/aromatic N) is 1. The first-order chi connectivity index (χ1) is 22.4. The van der Waals surface area contributed by atoms with E-state index in [1.807, 2.05) is 0 Å². The second-order valence-corrected chi connectivity index (χ2v) is 10.9. The fourth-order valence-corrected chi connectivity index (χ4v) is 3.94. The second-order valence-electron chi connectivity index (χ2n) is 10.9. The molecule has 1 aliphatic rings. The average molecular weight is 665 g/mol. The largest absolute Gasteiger partial charge is 0.461 e. The van der Waals surface area contributed by atoms with Gasteiger partial charge in [0.25, 0.3) is 11.8 Å². The first-order valence-corrected chi connectivity index (χ1v) is 15.3. The first-order valence-electron chi connectivity index (χ1n) is 15.3. The fraction of sp³-hybridized carbons (Fsp3) is 0.581. The van der Waals surface area contributed by atoms with Gasteiger partial charge in [0.05, 0.1) is 46.1 Å². The van der Waals surface area contributed by atoms with E-state index in [0.717, 1.165) is 5.56 Å². The van der Waals surface area contributed by atoms with E-state index in [-0.39, 0.29) is 77.8 Å². The maximum atomic E-state index is 12.9. The lowest BCUT2D eigenvalue weighted by Gasteiger charge is -2.24. The van der Waals surface area contributed by atoms with Gasteiger partial charge >= 0.3 is 11.9 Å². The number of carbonyl (C=O) groups excluding carboxylic acids is 7. The molecule has 3 N–H and O–H groups in total. The molecule has 0 unspecified atom stereocenters. The third-order valence-electron chi connectivity index (χ3n) is 6.55. The average Bonchev–Trinajstić information content (AvgIpc) is 3.33. The standard InChI is InChI=1S/C31H44N4O12/c1-20(2)29(31(42)32-21(3)30(41)33-24-7-5-23(6-8-24)19-46-22(4)36)34-25(37)11-13-43-15-17-45-18-16-44-14-12-28(40)47-35-26(38)9-10-27(35)39/h5-8,20-21,29H,9-19H2,1-4H3,(H,32,42)(H,33,41)(H,34,37)/t21-,29-/m0/s1. The van der Waals surface area contributed by atoms with E-state index < -0.39 is 53.6 Å². The second kappa shape index (κ2) is 20.7. The summed E-state index contributed by atoms with van der Waals surface area (Å²) in [4.78, 5) is 88.2. The molecule has 16 nitrogen and oxygen atoms in total. The zero-order valence-electron chi connectivity index (χ0n) is 27.2. The zero-order valence-corrected chi connectivity index (χ0v) is 27.2. The summed E-state index contributed by atoms with van der Waals surface area (Å²) in [5, 5.41) is 8.51. The molecule has 2 rings (SSSR count). The van der Waals surface area contributed by atoms with Crippen LogP contribution in [0, 0.1) is 5.92 Å². The molecule has 0 bridgehead atoms. The van der Waals surface area contributed by atoms with Crippen molar-refractivity contribution in [3.8, 4) is 0 Å². The van der Waals surface area contributed by atoms with E-state index in [1.165, 1.54) is 13.8 Å². The van der Waals surface area contributed by atoms with Gasteiger partial charge in [0.15, 0.2) is 0 Å². The van der Waals surface area contributed by atoms with Crippen LogP contribution in [0.25, 0.3) is 0 Å². The van der Waals surface area contributed by atoms with Crippen LogP contribution in [0.3, 0.4) is 0 Å². The van der Waals surface area contributed by atoms with E-state index >= 15 is 0 Å². The lowest BCUT2D eigenvalue weighted by Crippen LogP contribution is -2.53. The Balaban J connectivity index is 1.56. The summed E-state index contributed by atoms with van der Waals surface area (Å²) in [6.45, 7) is 7.52. The summed E-state index contributed by atoms with van der Waals surface area (Å²) in [6, 6.07) is 4.97. The minimum absolute atomic E-state index is 0.00776. The molecule has 47 heavy (non-hydrogen) atoms. The Morgan fingerprint density at radius 2 is 1.32 bits per heavy atom. The molecule has 260 valence electrons. The number of esters is 1. The summed E-state index contributed by atoms with van der Waals surface area (Å²) >= 11 is 0. The Bertz CT molecular complexity index is 1220. The molecular weight excluding hydrogens is 620 g/mol. The van der Waals surface area contributed by atoms with Crippen molar-refractivity contribution in [2.45, 2.75) is 72.1 Å². The topological polar surface area (TPSA) is 205 Å². The minimum Gasteiger partial charge on any atom is -0.461 e. The van der Waals surface area contributed by atoms with Crippen molar-refractivity contribution in [1.29, 1.82) is 0 Å². The summed E-state index contributed by atoms with van der Waals surface area (Å²) < 4.78 is 21.0. The van der Waals surface area contributed by atoms with Gasteiger partial charge in [0.1, 0.15) is 18.7 Å². The number of rotatable bonds is 21. The van der Waals surface area contributed by atoms with Gasteiger partial charge in [-0.15, -0.1) is 5.06 Å². The maximum Gasteiger partial charge on any atom is 0.335 e. The molecule has 0 aromatic heterocycles. The van der Waals surface area contributed by atoms with E-state index in [2.05, 4.69) is 16.0 Å². The predicted molar refractivity (Wildman–Crippen MR) is 164 cm³/mol. The van der Waals surface area contributed by atoms with Gasteiger partial charge in [-0.3, -0.25) is 28.8 Å². The first kappa shape index (κ1) is 38.8. The molecule has 5 amide bonds. The summed E-state index contributed by atoms with van der Waals surface area (Å²) in [5.74, 6) is -3.82. The molecule has 1 fully saturated rings. The lowest BCUT2D eigenvalue weighted by atomic mass is 10.0. The Morgan fingerprint density at radius 3 is 1.87 bits per heavy atom. The summed E-state index contributed by atoms with van der Waals surface area (Å²) in [6.07, 6.45) is -0.0721. The normalized spacial score (nSPS) is 14.0. The number of imide groups is 1. The number of carbonyl (C=O) groups is 7. The van der Waals surface area contributed by atoms with Gasteiger partial charge in [-0.05, 0) is 30.5 Å². The minimum atomic E-state index is -0.884. The molecule has 1 aromatic carbocycles. The Kier molecular flexibility index (Phi) is 17.0. The van der Waals surface area contributed by atoms with Crippen LogP contribution in [0.1, 0.15) is 58.9 Å². The number of anilines is 1. The van der Waals surface area contributed by atoms with Crippen molar-refractivity contribution >= 4 is 47.2 Å². The fourth-order valence-electron chi connectivity index (χ4n) is 3.94. The van der Waals surface area contributed by atoms with Gasteiger partial charge in [0.2, 0.25) is 17.7 Å². The van der Waals surface area contributed by atoms with Crippen LogP contribution >= 0.6 is 0 Å². The van der Waals surface area contributed by atoms with Gasteiger partial charge in [0, 0.05) is 31.9 Å². The molecule has 2 atom stereocenters. The van der Waals surface area contributed by atoms with Crippen LogP contribution in [0.5, 0.6) is 0 Å². The van der Waals surface area contributed by atoms with Crippen molar-refractivity contribution in [3.05, 3.63) is 29.8 Å². The third-order valence-corrected chi connectivity index (χ3v) is 6.55. The Hall–Kier alpha value is -4.41. The lowest BCUT2D eigenvalue weighted by molar-refractivity contribution is -0.198. The highest BCUT2D eigenvalue weighted by atomic mass is 16.7. The molecule has 1 saturated heterocycles. The molecule has 1 aliphatic heterocycles. The van der Waals surface area contributed by atoms with Crippen molar-refractivity contribution in [3.63, 3.8) is 0 Å². The number of ether oxygens (including phenoxy) is 4. The molecule has 0 spiro atoms. The molecule has 0 radical (unpaired) electrons. The van der Waals surface area contributed by atoms with Crippen LogP contribution in [-0.4, -0.2) is 98.3 Å². The van der Waals surface area contributed by atoms with E-state index in [4.69, 9.17) is 23.8 Å². The number of amides is 5. The van der Waals surface area contributed by atoms with Crippen molar-refractivity contribution in [1.82, 2.24) is 15.7 Å². The highest BCUT2D eigenvalue weighted by Gasteiger charge is 2.32. The number of hydroxylamine groups is 2. The third kappa shape index (κ3) is 15.2. The summed E-state index contributed by atoms with van der Waals surface area (Å²) in [5.41, 5.74) is 1.26. The van der Waals surface area contributed by atoms with Gasteiger partial charge in [-0.1, -0.05) is 26.0 Å². The molecule has 1 aromatic rings. The van der Waals surface area contributed by atoms with Gasteiger partial charge < -0.3 is 39.7 Å². The van der Waals surface area contributed by atoms with Crippen LogP contribution in [0.4, 0.5) is 5.69 Å². The van der Waals surface area contributed by atoms with Crippen molar-refractivity contribution in [2.75, 3.05) is 45.0 Å². The van der Waals surface area contributed by atoms with Crippen molar-refractivity contribution in [2.24, 2.45) is 5.92 Å². The Morgan fingerprint density at radius 1 is 0.766 bits per heavy atom. The molecular formula is C31H44N4O12. The number of benzene rings is 1. The van der Waals surface area contributed by atoms with Crippen LogP contribution < -0.4 is 16.0 Å². The smallest absolute Gasteiger partial charge is 0.335 e. The Labute approximate surface area is 273 Å².